The van der Waals surface area contributed by atoms with Crippen LogP contribution in [0.15, 0.2) is 54.9 Å². The molecule has 0 radical (unpaired) electrons. The normalized spacial score (nSPS) is 10.5. The fourth-order valence-corrected chi connectivity index (χ4v) is 2.07. The van der Waals surface area contributed by atoms with Crippen LogP contribution in [0.2, 0.25) is 0 Å². The Morgan fingerprint density at radius 1 is 0.900 bits per heavy atom. The highest BCUT2D eigenvalue weighted by molar-refractivity contribution is 5.85. The number of ether oxygens (including phenoxy) is 2. The van der Waals surface area contributed by atoms with Gasteiger partial charge in [0.05, 0.1) is 7.11 Å². The summed E-state index contributed by atoms with van der Waals surface area (Å²) >= 11 is 0. The molecule has 1 aromatic heterocycles. The molecule has 1 heterocycles. The van der Waals surface area contributed by atoms with E-state index in [1.165, 1.54) is 5.56 Å². The van der Waals surface area contributed by atoms with Crippen LogP contribution in [0, 0.1) is 6.92 Å². The lowest BCUT2D eigenvalue weighted by atomic mass is 10.1. The molecule has 3 heteroatoms. The van der Waals surface area contributed by atoms with E-state index in [2.05, 4.69) is 4.98 Å². The third-order valence-electron chi connectivity index (χ3n) is 3.17. The second-order valence-electron chi connectivity index (χ2n) is 4.64. The predicted molar refractivity (Wildman–Crippen MR) is 79.5 cm³/mol. The van der Waals surface area contributed by atoms with Gasteiger partial charge in [-0.15, -0.1) is 0 Å². The Balaban J connectivity index is 2.03. The molecule has 0 unspecified atom stereocenters. The minimum Gasteiger partial charge on any atom is -0.493 e. The van der Waals surface area contributed by atoms with Crippen molar-refractivity contribution >= 4 is 10.8 Å². The van der Waals surface area contributed by atoms with Gasteiger partial charge in [0.1, 0.15) is 5.75 Å². The van der Waals surface area contributed by atoms with E-state index in [1.807, 2.05) is 55.6 Å². The van der Waals surface area contributed by atoms with E-state index in [9.17, 15) is 0 Å². The summed E-state index contributed by atoms with van der Waals surface area (Å²) in [6.07, 6.45) is 3.58. The lowest BCUT2D eigenvalue weighted by Crippen LogP contribution is -1.91. The van der Waals surface area contributed by atoms with Crippen molar-refractivity contribution in [2.45, 2.75) is 6.92 Å². The topological polar surface area (TPSA) is 31.4 Å². The van der Waals surface area contributed by atoms with Crippen molar-refractivity contribution in [3.8, 4) is 17.2 Å². The summed E-state index contributed by atoms with van der Waals surface area (Å²) in [7, 11) is 1.64. The molecule has 100 valence electrons. The Labute approximate surface area is 117 Å². The molecular formula is C17H15NO2. The van der Waals surface area contributed by atoms with E-state index in [0.29, 0.717) is 11.5 Å². The van der Waals surface area contributed by atoms with E-state index in [0.717, 1.165) is 16.5 Å². The zero-order valence-corrected chi connectivity index (χ0v) is 11.5. The predicted octanol–water partition coefficient (Wildman–Crippen LogP) is 4.34. The van der Waals surface area contributed by atoms with Crippen molar-refractivity contribution in [3.05, 3.63) is 60.4 Å². The molecule has 0 fully saturated rings. The molecule has 0 aliphatic rings. The van der Waals surface area contributed by atoms with E-state index >= 15 is 0 Å². The second-order valence-corrected chi connectivity index (χ2v) is 4.64. The van der Waals surface area contributed by atoms with Crippen LogP contribution in [0.3, 0.4) is 0 Å². The molecule has 0 bridgehead atoms. The van der Waals surface area contributed by atoms with Crippen LogP contribution in [0.25, 0.3) is 10.8 Å². The lowest BCUT2D eigenvalue weighted by Gasteiger charge is -2.11. The zero-order chi connectivity index (χ0) is 13.9. The van der Waals surface area contributed by atoms with Crippen molar-refractivity contribution in [2.24, 2.45) is 0 Å². The van der Waals surface area contributed by atoms with Gasteiger partial charge in [0, 0.05) is 17.8 Å². The first-order valence-corrected chi connectivity index (χ1v) is 6.42. The van der Waals surface area contributed by atoms with Crippen molar-refractivity contribution in [3.63, 3.8) is 0 Å². The smallest absolute Gasteiger partial charge is 0.169 e. The van der Waals surface area contributed by atoms with Crippen molar-refractivity contribution in [2.75, 3.05) is 7.11 Å². The van der Waals surface area contributed by atoms with E-state index in [1.54, 1.807) is 13.3 Å². The highest BCUT2D eigenvalue weighted by Gasteiger charge is 2.08. The number of nitrogens with zero attached hydrogens (tertiary/aromatic N) is 1. The van der Waals surface area contributed by atoms with Gasteiger partial charge in [0.2, 0.25) is 0 Å². The molecule has 0 N–H and O–H groups in total. The second kappa shape index (κ2) is 5.21. The van der Waals surface area contributed by atoms with Gasteiger partial charge in [0.25, 0.3) is 0 Å². The first kappa shape index (κ1) is 12.5. The number of pyridine rings is 1. The zero-order valence-electron chi connectivity index (χ0n) is 11.5. The molecule has 0 amide bonds. The molecule has 0 atom stereocenters. The minimum absolute atomic E-state index is 0.692. The quantitative estimate of drug-likeness (QED) is 0.705. The summed E-state index contributed by atoms with van der Waals surface area (Å²) in [5, 5.41) is 2.10. The number of aryl methyl sites for hydroxylation is 1. The fourth-order valence-electron chi connectivity index (χ4n) is 2.07. The van der Waals surface area contributed by atoms with Crippen LogP contribution >= 0.6 is 0 Å². The van der Waals surface area contributed by atoms with Crippen LogP contribution in [0.4, 0.5) is 0 Å². The van der Waals surface area contributed by atoms with Gasteiger partial charge >= 0.3 is 0 Å². The van der Waals surface area contributed by atoms with E-state index in [-0.39, 0.29) is 0 Å². The number of methoxy groups -OCH3 is 1. The molecule has 20 heavy (non-hydrogen) atoms. The third kappa shape index (κ3) is 2.43. The molecule has 3 nitrogen and oxygen atoms in total. The van der Waals surface area contributed by atoms with Gasteiger partial charge in [-0.25, -0.2) is 0 Å². The van der Waals surface area contributed by atoms with Crippen molar-refractivity contribution < 1.29 is 9.47 Å². The number of hydrogen-bond acceptors (Lipinski definition) is 3. The Morgan fingerprint density at radius 3 is 2.40 bits per heavy atom. The molecular weight excluding hydrogens is 250 g/mol. The Morgan fingerprint density at radius 2 is 1.65 bits per heavy atom. The number of fused-ring (bicyclic) bond motifs is 1. The van der Waals surface area contributed by atoms with Crippen LogP contribution in [0.1, 0.15) is 5.56 Å². The summed E-state index contributed by atoms with van der Waals surface area (Å²) in [5.41, 5.74) is 1.20. The SMILES string of the molecule is COc1cc2ccncc2cc1Oc1ccc(C)cc1. The Kier molecular flexibility index (Phi) is 3.25. The standard InChI is InChI=1S/C17H15NO2/c1-12-3-5-15(6-4-12)20-17-10-14-11-18-8-7-13(14)9-16(17)19-2/h3-11H,1-2H3. The highest BCUT2D eigenvalue weighted by Crippen LogP contribution is 2.35. The summed E-state index contributed by atoms with van der Waals surface area (Å²) in [5.74, 6) is 2.19. The summed E-state index contributed by atoms with van der Waals surface area (Å²) in [6.45, 7) is 2.05. The summed E-state index contributed by atoms with van der Waals surface area (Å²) in [6, 6.07) is 13.8. The van der Waals surface area contributed by atoms with Gasteiger partial charge < -0.3 is 9.47 Å². The monoisotopic (exact) mass is 265 g/mol. The molecule has 2 aromatic carbocycles. The summed E-state index contributed by atoms with van der Waals surface area (Å²) in [4.78, 5) is 4.13. The number of benzene rings is 2. The highest BCUT2D eigenvalue weighted by atomic mass is 16.5. The van der Waals surface area contributed by atoms with Crippen LogP contribution in [0.5, 0.6) is 17.2 Å². The van der Waals surface area contributed by atoms with Gasteiger partial charge in [-0.1, -0.05) is 17.7 Å². The number of aromatic nitrogens is 1. The molecule has 3 aromatic rings. The average Bonchev–Trinajstić information content (AvgIpc) is 2.49. The van der Waals surface area contributed by atoms with E-state index in [4.69, 9.17) is 9.47 Å². The molecule has 3 rings (SSSR count). The molecule has 0 spiro atoms. The fraction of sp³-hybridized carbons (Fsp3) is 0.118. The maximum atomic E-state index is 5.91. The third-order valence-corrected chi connectivity index (χ3v) is 3.17. The van der Waals surface area contributed by atoms with Crippen LogP contribution in [-0.4, -0.2) is 12.1 Å². The molecule has 0 saturated carbocycles. The first-order valence-electron chi connectivity index (χ1n) is 6.42. The number of rotatable bonds is 3. The summed E-state index contributed by atoms with van der Waals surface area (Å²) < 4.78 is 11.3. The van der Waals surface area contributed by atoms with Gasteiger partial charge in [-0.2, -0.15) is 0 Å². The maximum Gasteiger partial charge on any atom is 0.169 e. The van der Waals surface area contributed by atoms with Crippen LogP contribution < -0.4 is 9.47 Å². The van der Waals surface area contributed by atoms with Gasteiger partial charge in [0.15, 0.2) is 11.5 Å². The van der Waals surface area contributed by atoms with E-state index < -0.39 is 0 Å². The molecule has 0 aliphatic heterocycles. The number of hydrogen-bond donors (Lipinski definition) is 0. The largest absolute Gasteiger partial charge is 0.493 e. The van der Waals surface area contributed by atoms with Gasteiger partial charge in [-0.3, -0.25) is 4.98 Å². The van der Waals surface area contributed by atoms with Crippen LogP contribution in [-0.2, 0) is 0 Å². The minimum atomic E-state index is 0.692. The van der Waals surface area contributed by atoms with Crippen molar-refractivity contribution in [1.29, 1.82) is 0 Å². The molecule has 0 saturated heterocycles. The maximum absolute atomic E-state index is 5.91. The molecule has 0 aliphatic carbocycles. The van der Waals surface area contributed by atoms with Crippen molar-refractivity contribution in [1.82, 2.24) is 4.98 Å². The average molecular weight is 265 g/mol. The lowest BCUT2D eigenvalue weighted by molar-refractivity contribution is 0.379. The Bertz CT molecular complexity index is 736. The Hall–Kier alpha value is -2.55. The van der Waals surface area contributed by atoms with Gasteiger partial charge in [-0.05, 0) is 42.6 Å². The first-order chi connectivity index (χ1) is 9.76.